The lowest BCUT2D eigenvalue weighted by atomic mass is 9.76. The van der Waals surface area contributed by atoms with Gasteiger partial charge in [-0.3, -0.25) is 4.68 Å². The Balaban J connectivity index is 2.18. The number of halogens is 1. The second-order valence-corrected chi connectivity index (χ2v) is 7.09. The second kappa shape index (κ2) is 6.58. The van der Waals surface area contributed by atoms with E-state index in [4.69, 9.17) is 4.74 Å². The van der Waals surface area contributed by atoms with Gasteiger partial charge < -0.3 is 10.1 Å². The number of nitrogens with one attached hydrogen (secondary N) is 1. The molecule has 1 aliphatic heterocycles. The van der Waals surface area contributed by atoms with Crippen LogP contribution in [0.25, 0.3) is 0 Å². The van der Waals surface area contributed by atoms with E-state index in [0.717, 1.165) is 49.2 Å². The molecule has 0 aromatic carbocycles. The Labute approximate surface area is 130 Å². The smallest absolute Gasteiger partial charge is 0.0738 e. The van der Waals surface area contributed by atoms with Crippen LogP contribution in [-0.2, 0) is 18.2 Å². The third-order valence-corrected chi connectivity index (χ3v) is 5.27. The molecule has 20 heavy (non-hydrogen) atoms. The highest BCUT2D eigenvalue weighted by Gasteiger charge is 2.34. The fourth-order valence-electron chi connectivity index (χ4n) is 2.87. The molecule has 0 amide bonds. The van der Waals surface area contributed by atoms with E-state index in [9.17, 15) is 0 Å². The van der Waals surface area contributed by atoms with Crippen molar-refractivity contribution in [2.75, 3.05) is 19.8 Å². The maximum absolute atomic E-state index is 5.57. The number of ether oxygens (including phenoxy) is 1. The highest BCUT2D eigenvalue weighted by Crippen LogP contribution is 2.36. The summed E-state index contributed by atoms with van der Waals surface area (Å²) in [7, 11) is 2.04. The van der Waals surface area contributed by atoms with Crippen LogP contribution in [-0.4, -0.2) is 35.6 Å². The predicted molar refractivity (Wildman–Crippen MR) is 85.0 cm³/mol. The van der Waals surface area contributed by atoms with Gasteiger partial charge in [0, 0.05) is 32.8 Å². The zero-order chi connectivity index (χ0) is 14.8. The van der Waals surface area contributed by atoms with Crippen LogP contribution in [0.2, 0.25) is 0 Å². The second-order valence-electron chi connectivity index (χ2n) is 6.29. The van der Waals surface area contributed by atoms with Crippen LogP contribution < -0.4 is 5.32 Å². The molecule has 1 aliphatic rings. The summed E-state index contributed by atoms with van der Waals surface area (Å²) in [5.74, 6) is 0. The van der Waals surface area contributed by atoms with E-state index in [2.05, 4.69) is 47.1 Å². The van der Waals surface area contributed by atoms with Gasteiger partial charge in [0.25, 0.3) is 0 Å². The molecular formula is C15H26BrN3O. The van der Waals surface area contributed by atoms with Crippen molar-refractivity contribution in [1.29, 1.82) is 0 Å². The molecule has 1 N–H and O–H groups in total. The number of hydrogen-bond acceptors (Lipinski definition) is 3. The van der Waals surface area contributed by atoms with Crippen molar-refractivity contribution < 1.29 is 4.74 Å². The average molecular weight is 344 g/mol. The first-order valence-electron chi connectivity index (χ1n) is 7.43. The molecule has 5 heteroatoms. The summed E-state index contributed by atoms with van der Waals surface area (Å²) < 4.78 is 8.76. The van der Waals surface area contributed by atoms with E-state index >= 15 is 0 Å². The van der Waals surface area contributed by atoms with E-state index in [1.165, 1.54) is 5.69 Å². The van der Waals surface area contributed by atoms with Crippen molar-refractivity contribution in [3.8, 4) is 0 Å². The van der Waals surface area contributed by atoms with Gasteiger partial charge in [-0.15, -0.1) is 0 Å². The van der Waals surface area contributed by atoms with Crippen molar-refractivity contribution in [2.24, 2.45) is 12.5 Å². The molecule has 0 aliphatic carbocycles. The van der Waals surface area contributed by atoms with Crippen molar-refractivity contribution in [1.82, 2.24) is 15.1 Å². The highest BCUT2D eigenvalue weighted by atomic mass is 79.9. The minimum Gasteiger partial charge on any atom is -0.381 e. The van der Waals surface area contributed by atoms with Gasteiger partial charge in [-0.25, -0.2) is 0 Å². The van der Waals surface area contributed by atoms with Gasteiger partial charge in [0.15, 0.2) is 0 Å². The minimum absolute atomic E-state index is 0.283. The Hall–Kier alpha value is -0.390. The topological polar surface area (TPSA) is 39.1 Å². The molecule has 114 valence electrons. The molecule has 1 aromatic rings. The molecule has 0 radical (unpaired) electrons. The monoisotopic (exact) mass is 343 g/mol. The lowest BCUT2D eigenvalue weighted by Gasteiger charge is -2.38. The van der Waals surface area contributed by atoms with Gasteiger partial charge >= 0.3 is 0 Å². The zero-order valence-corrected chi connectivity index (χ0v) is 14.6. The Bertz CT molecular complexity index is 450. The molecular weight excluding hydrogens is 318 g/mol. The summed E-state index contributed by atoms with van der Waals surface area (Å²) in [5, 5.41) is 8.14. The molecule has 0 atom stereocenters. The van der Waals surface area contributed by atoms with Gasteiger partial charge in [-0.1, -0.05) is 13.8 Å². The number of hydrogen-bond donors (Lipinski definition) is 1. The van der Waals surface area contributed by atoms with Crippen molar-refractivity contribution in [3.05, 3.63) is 15.9 Å². The lowest BCUT2D eigenvalue weighted by molar-refractivity contribution is 0.0131. The van der Waals surface area contributed by atoms with E-state index in [1.807, 2.05) is 11.7 Å². The molecule has 1 fully saturated rings. The molecule has 0 spiro atoms. The van der Waals surface area contributed by atoms with Gasteiger partial charge in [0.1, 0.15) is 0 Å². The molecule has 4 nitrogen and oxygen atoms in total. The quantitative estimate of drug-likeness (QED) is 0.893. The third-order valence-electron chi connectivity index (χ3n) is 4.24. The summed E-state index contributed by atoms with van der Waals surface area (Å²) in [5.41, 5.74) is 2.65. The van der Waals surface area contributed by atoms with Crippen LogP contribution in [0.1, 0.15) is 38.1 Å². The Morgan fingerprint density at radius 2 is 2.05 bits per heavy atom. The summed E-state index contributed by atoms with van der Waals surface area (Å²) in [6, 6.07) is 0.520. The Kier molecular flexibility index (Phi) is 5.26. The van der Waals surface area contributed by atoms with Crippen molar-refractivity contribution >= 4 is 15.9 Å². The molecule has 0 bridgehead atoms. The van der Waals surface area contributed by atoms with Crippen molar-refractivity contribution in [3.63, 3.8) is 0 Å². The summed E-state index contributed by atoms with van der Waals surface area (Å²) in [6.07, 6.45) is 3.28. The molecule has 0 saturated carbocycles. The maximum Gasteiger partial charge on any atom is 0.0738 e. The number of aromatic nitrogens is 2. The largest absolute Gasteiger partial charge is 0.381 e. The van der Waals surface area contributed by atoms with Gasteiger partial charge in [-0.2, -0.15) is 5.10 Å². The summed E-state index contributed by atoms with van der Waals surface area (Å²) >= 11 is 3.70. The van der Waals surface area contributed by atoms with Crippen LogP contribution in [0, 0.1) is 12.3 Å². The van der Waals surface area contributed by atoms with Crippen LogP contribution in [0.4, 0.5) is 0 Å². The fourth-order valence-corrected chi connectivity index (χ4v) is 3.34. The van der Waals surface area contributed by atoms with E-state index in [1.54, 1.807) is 0 Å². The first kappa shape index (κ1) is 16.0. The van der Waals surface area contributed by atoms with Crippen molar-refractivity contribution in [2.45, 2.75) is 46.1 Å². The maximum atomic E-state index is 5.57. The van der Waals surface area contributed by atoms with E-state index < -0.39 is 0 Å². The normalized spacial score (nSPS) is 18.7. The average Bonchev–Trinajstić information content (AvgIpc) is 2.64. The number of rotatable bonds is 5. The van der Waals surface area contributed by atoms with Gasteiger partial charge in [-0.05, 0) is 47.5 Å². The minimum atomic E-state index is 0.283. The van der Waals surface area contributed by atoms with Gasteiger partial charge in [0.05, 0.1) is 15.9 Å². The molecule has 2 rings (SSSR count). The van der Waals surface area contributed by atoms with Gasteiger partial charge in [0.2, 0.25) is 0 Å². The van der Waals surface area contributed by atoms with Crippen LogP contribution >= 0.6 is 15.9 Å². The molecule has 2 heterocycles. The number of aryl methyl sites for hydroxylation is 2. The summed E-state index contributed by atoms with van der Waals surface area (Å²) in [4.78, 5) is 0. The Morgan fingerprint density at radius 3 is 2.55 bits per heavy atom. The van der Waals surface area contributed by atoms with Crippen LogP contribution in [0.5, 0.6) is 0 Å². The standard InChI is InChI=1S/C15H26BrN3O/c1-11(2)17-10-15(5-7-20-8-6-15)9-13-14(16)12(3)18-19(13)4/h11,17H,5-10H2,1-4H3. The molecule has 1 aromatic heterocycles. The zero-order valence-electron chi connectivity index (χ0n) is 13.0. The lowest BCUT2D eigenvalue weighted by Crippen LogP contribution is -2.43. The fraction of sp³-hybridized carbons (Fsp3) is 0.800. The predicted octanol–water partition coefficient (Wildman–Crippen LogP) is 2.83. The first-order valence-corrected chi connectivity index (χ1v) is 8.22. The molecule has 0 unspecified atom stereocenters. The van der Waals surface area contributed by atoms with Crippen LogP contribution in [0.15, 0.2) is 4.47 Å². The van der Waals surface area contributed by atoms with Crippen LogP contribution in [0.3, 0.4) is 0 Å². The van der Waals surface area contributed by atoms with E-state index in [0.29, 0.717) is 6.04 Å². The van der Waals surface area contributed by atoms with E-state index in [-0.39, 0.29) is 5.41 Å². The first-order chi connectivity index (χ1) is 9.43. The SMILES string of the molecule is Cc1nn(C)c(CC2(CNC(C)C)CCOCC2)c1Br. The molecule has 1 saturated heterocycles. The summed E-state index contributed by atoms with van der Waals surface area (Å²) in [6.45, 7) is 9.25. The number of nitrogens with zero attached hydrogens (tertiary/aromatic N) is 2. The Morgan fingerprint density at radius 1 is 1.40 bits per heavy atom. The highest BCUT2D eigenvalue weighted by molar-refractivity contribution is 9.10. The third kappa shape index (κ3) is 3.62.